The van der Waals surface area contributed by atoms with Gasteiger partial charge in [-0.25, -0.2) is 0 Å². The van der Waals surface area contributed by atoms with Gasteiger partial charge >= 0.3 is 11.8 Å². The summed E-state index contributed by atoms with van der Waals surface area (Å²) in [6, 6.07) is 8.32. The molecule has 2 rings (SSSR count). The fourth-order valence-electron chi connectivity index (χ4n) is 1.70. The van der Waals surface area contributed by atoms with E-state index in [4.69, 9.17) is 4.74 Å². The predicted molar refractivity (Wildman–Crippen MR) is 80.5 cm³/mol. The van der Waals surface area contributed by atoms with Gasteiger partial charge in [-0.05, 0) is 17.7 Å². The average molecular weight is 301 g/mol. The van der Waals surface area contributed by atoms with E-state index in [2.05, 4.69) is 15.6 Å². The van der Waals surface area contributed by atoms with E-state index in [1.54, 1.807) is 31.4 Å². The highest BCUT2D eigenvalue weighted by molar-refractivity contribution is 6.39. The van der Waals surface area contributed by atoms with Crippen LogP contribution in [-0.2, 0) is 16.1 Å². The van der Waals surface area contributed by atoms with E-state index < -0.39 is 11.8 Å². The average Bonchev–Trinajstić information content (AvgIpc) is 2.55. The molecule has 22 heavy (non-hydrogen) atoms. The van der Waals surface area contributed by atoms with Gasteiger partial charge in [-0.15, -0.1) is 0 Å². The Hall–Kier alpha value is -3.09. The zero-order chi connectivity index (χ0) is 15.9. The summed E-state index contributed by atoms with van der Waals surface area (Å²) in [6.07, 6.45) is 2.75. The van der Waals surface area contributed by atoms with Crippen molar-refractivity contribution in [1.82, 2.24) is 10.3 Å². The van der Waals surface area contributed by atoms with Gasteiger partial charge in [-0.1, -0.05) is 12.1 Å². The fraction of sp³-hybridized carbons (Fsp3) is 0.133. The number of hydrogen-bond donors (Lipinski definition) is 3. The first kappa shape index (κ1) is 15.3. The third-order valence-corrected chi connectivity index (χ3v) is 2.89. The van der Waals surface area contributed by atoms with Gasteiger partial charge in [0, 0.05) is 25.0 Å². The molecule has 2 amide bonds. The van der Waals surface area contributed by atoms with Crippen LogP contribution in [0.5, 0.6) is 5.75 Å². The Balaban J connectivity index is 1.90. The van der Waals surface area contributed by atoms with Crippen molar-refractivity contribution in [2.24, 2.45) is 0 Å². The molecule has 0 saturated carbocycles. The monoisotopic (exact) mass is 301 g/mol. The maximum Gasteiger partial charge on any atom is 0.313 e. The van der Waals surface area contributed by atoms with Crippen molar-refractivity contribution >= 4 is 17.5 Å². The van der Waals surface area contributed by atoms with Crippen LogP contribution in [0.2, 0.25) is 0 Å². The van der Waals surface area contributed by atoms with Crippen molar-refractivity contribution in [3.8, 4) is 5.75 Å². The first-order chi connectivity index (χ1) is 10.6. The summed E-state index contributed by atoms with van der Waals surface area (Å²) in [7, 11) is 1.56. The molecule has 0 aliphatic rings. The highest BCUT2D eigenvalue weighted by Gasteiger charge is 2.14. The summed E-state index contributed by atoms with van der Waals surface area (Å²) in [5.41, 5.74) is 0.460. The SMILES string of the molecule is COc1ccc(CNC(=O)C(=O)Nc2c[nH]ccc2=O)cc1. The first-order valence-corrected chi connectivity index (χ1v) is 6.49. The van der Waals surface area contributed by atoms with Gasteiger partial charge in [0.25, 0.3) is 0 Å². The third-order valence-electron chi connectivity index (χ3n) is 2.89. The van der Waals surface area contributed by atoms with E-state index in [0.29, 0.717) is 5.75 Å². The molecule has 0 aliphatic heterocycles. The Morgan fingerprint density at radius 1 is 1.14 bits per heavy atom. The minimum atomic E-state index is -0.898. The molecule has 1 aromatic heterocycles. The molecule has 7 heteroatoms. The van der Waals surface area contributed by atoms with Crippen LogP contribution >= 0.6 is 0 Å². The summed E-state index contributed by atoms with van der Waals surface area (Å²) >= 11 is 0. The van der Waals surface area contributed by atoms with Crippen LogP contribution in [0.1, 0.15) is 5.56 Å². The number of anilines is 1. The minimum Gasteiger partial charge on any atom is -0.497 e. The Morgan fingerprint density at radius 2 is 1.86 bits per heavy atom. The molecular weight excluding hydrogens is 286 g/mol. The number of carbonyl (C=O) groups is 2. The lowest BCUT2D eigenvalue weighted by Crippen LogP contribution is -2.36. The van der Waals surface area contributed by atoms with Crippen molar-refractivity contribution in [3.05, 3.63) is 58.5 Å². The number of aromatic nitrogens is 1. The molecule has 7 nitrogen and oxygen atoms in total. The van der Waals surface area contributed by atoms with Crippen molar-refractivity contribution in [2.45, 2.75) is 6.54 Å². The van der Waals surface area contributed by atoms with E-state index in [1.807, 2.05) is 0 Å². The lowest BCUT2D eigenvalue weighted by atomic mass is 10.2. The van der Waals surface area contributed by atoms with Crippen molar-refractivity contribution < 1.29 is 14.3 Å². The lowest BCUT2D eigenvalue weighted by molar-refractivity contribution is -0.136. The van der Waals surface area contributed by atoms with Gasteiger partial charge in [0.2, 0.25) is 5.43 Å². The lowest BCUT2D eigenvalue weighted by Gasteiger charge is -2.06. The summed E-state index contributed by atoms with van der Waals surface area (Å²) in [4.78, 5) is 37.5. The number of amides is 2. The second kappa shape index (κ2) is 7.07. The molecule has 1 aromatic carbocycles. The van der Waals surface area contributed by atoms with Gasteiger partial charge in [0.05, 0.1) is 7.11 Å². The number of rotatable bonds is 4. The minimum absolute atomic E-state index is 0.0205. The zero-order valence-electron chi connectivity index (χ0n) is 11.9. The second-order valence-electron chi connectivity index (χ2n) is 4.41. The summed E-state index contributed by atoms with van der Waals surface area (Å²) in [6.45, 7) is 0.196. The zero-order valence-corrected chi connectivity index (χ0v) is 11.9. The standard InChI is InChI=1S/C15H15N3O4/c1-22-11-4-2-10(3-5-11)8-17-14(20)15(21)18-12-9-16-7-6-13(12)19/h2-7,9H,8H2,1H3,(H,16,19)(H,17,20)(H,18,21). The van der Waals surface area contributed by atoms with E-state index in [0.717, 1.165) is 5.56 Å². The normalized spacial score (nSPS) is 9.86. The number of pyridine rings is 1. The third kappa shape index (κ3) is 3.95. The van der Waals surface area contributed by atoms with Gasteiger partial charge in [0.1, 0.15) is 11.4 Å². The molecule has 0 unspecified atom stereocenters. The molecule has 0 atom stereocenters. The summed E-state index contributed by atoms with van der Waals surface area (Å²) in [5.74, 6) is -1.01. The topological polar surface area (TPSA) is 100 Å². The van der Waals surface area contributed by atoms with Crippen LogP contribution in [0, 0.1) is 0 Å². The Bertz CT molecular complexity index is 722. The van der Waals surface area contributed by atoms with Crippen LogP contribution < -0.4 is 20.8 Å². The Labute approximate surface area is 126 Å². The quantitative estimate of drug-likeness (QED) is 0.721. The van der Waals surface area contributed by atoms with Gasteiger partial charge in [0.15, 0.2) is 0 Å². The molecule has 0 spiro atoms. The van der Waals surface area contributed by atoms with Crippen molar-refractivity contribution in [1.29, 1.82) is 0 Å². The summed E-state index contributed by atoms with van der Waals surface area (Å²) in [5, 5.41) is 4.72. The van der Waals surface area contributed by atoms with E-state index in [1.165, 1.54) is 18.5 Å². The van der Waals surface area contributed by atoms with Crippen molar-refractivity contribution in [2.75, 3.05) is 12.4 Å². The number of methoxy groups -OCH3 is 1. The molecule has 2 aromatic rings. The largest absolute Gasteiger partial charge is 0.497 e. The predicted octanol–water partition coefficient (Wildman–Crippen LogP) is 0.638. The molecule has 0 aliphatic carbocycles. The molecule has 0 fully saturated rings. The molecule has 0 radical (unpaired) electrons. The fourth-order valence-corrected chi connectivity index (χ4v) is 1.70. The molecule has 3 N–H and O–H groups in total. The van der Waals surface area contributed by atoms with Crippen LogP contribution in [0.15, 0.2) is 47.5 Å². The number of ether oxygens (including phenoxy) is 1. The number of H-pyrrole nitrogens is 1. The number of hydrogen-bond acceptors (Lipinski definition) is 4. The van der Waals surface area contributed by atoms with E-state index in [-0.39, 0.29) is 17.7 Å². The van der Waals surface area contributed by atoms with Crippen LogP contribution in [-0.4, -0.2) is 23.9 Å². The Kier molecular flexibility index (Phi) is 4.92. The highest BCUT2D eigenvalue weighted by atomic mass is 16.5. The van der Waals surface area contributed by atoms with E-state index in [9.17, 15) is 14.4 Å². The number of nitrogens with one attached hydrogen (secondary N) is 3. The molecule has 114 valence electrons. The van der Waals surface area contributed by atoms with Crippen LogP contribution in [0.3, 0.4) is 0 Å². The molecule has 0 saturated heterocycles. The molecule has 1 heterocycles. The maximum absolute atomic E-state index is 11.7. The molecular formula is C15H15N3O4. The maximum atomic E-state index is 11.7. The second-order valence-corrected chi connectivity index (χ2v) is 4.41. The molecule has 0 bridgehead atoms. The van der Waals surface area contributed by atoms with Gasteiger partial charge in [-0.3, -0.25) is 14.4 Å². The smallest absolute Gasteiger partial charge is 0.313 e. The van der Waals surface area contributed by atoms with Crippen LogP contribution in [0.4, 0.5) is 5.69 Å². The number of aromatic amines is 1. The van der Waals surface area contributed by atoms with Crippen LogP contribution in [0.25, 0.3) is 0 Å². The summed E-state index contributed by atoms with van der Waals surface area (Å²) < 4.78 is 5.03. The van der Waals surface area contributed by atoms with Gasteiger partial charge in [-0.2, -0.15) is 0 Å². The van der Waals surface area contributed by atoms with Crippen molar-refractivity contribution in [3.63, 3.8) is 0 Å². The van der Waals surface area contributed by atoms with E-state index >= 15 is 0 Å². The first-order valence-electron chi connectivity index (χ1n) is 6.49. The Morgan fingerprint density at radius 3 is 2.50 bits per heavy atom. The number of carbonyl (C=O) groups excluding carboxylic acids is 2. The van der Waals surface area contributed by atoms with Gasteiger partial charge < -0.3 is 20.4 Å². The number of benzene rings is 1. The highest BCUT2D eigenvalue weighted by Crippen LogP contribution is 2.10.